The molecule has 0 radical (unpaired) electrons. The highest BCUT2D eigenvalue weighted by Gasteiger charge is 2.26. The quantitative estimate of drug-likeness (QED) is 0.605. The summed E-state index contributed by atoms with van der Waals surface area (Å²) in [4.78, 5) is 10.8. The number of aromatic amines is 1. The van der Waals surface area contributed by atoms with E-state index in [1.165, 1.54) is 0 Å². The van der Waals surface area contributed by atoms with Gasteiger partial charge in [0, 0.05) is 5.56 Å². The zero-order valence-electron chi connectivity index (χ0n) is 7.88. The van der Waals surface area contributed by atoms with Crippen molar-refractivity contribution in [1.82, 2.24) is 10.2 Å². The van der Waals surface area contributed by atoms with Crippen molar-refractivity contribution in [1.29, 1.82) is 0 Å². The molecule has 0 atom stereocenters. The zero-order valence-corrected chi connectivity index (χ0v) is 7.88. The first kappa shape index (κ1) is 9.57. The van der Waals surface area contributed by atoms with E-state index in [2.05, 4.69) is 10.2 Å². The number of rotatable bonds is 1. The summed E-state index contributed by atoms with van der Waals surface area (Å²) in [5, 5.41) is 14.9. The molecule has 5 heteroatoms. The maximum Gasteiger partial charge on any atom is 0.354 e. The number of nitrogens with one attached hydrogen (secondary N) is 1. The molecule has 0 bridgehead atoms. The van der Waals surface area contributed by atoms with Gasteiger partial charge in [-0.05, 0) is 5.41 Å². The highest BCUT2D eigenvalue weighted by Crippen LogP contribution is 2.29. The summed E-state index contributed by atoms with van der Waals surface area (Å²) in [6.07, 6.45) is 0. The highest BCUT2D eigenvalue weighted by molar-refractivity contribution is 5.89. The van der Waals surface area contributed by atoms with E-state index in [-0.39, 0.29) is 16.9 Å². The molecule has 0 unspecified atom stereocenters. The van der Waals surface area contributed by atoms with Crippen molar-refractivity contribution in [2.75, 3.05) is 5.73 Å². The van der Waals surface area contributed by atoms with E-state index >= 15 is 0 Å². The van der Waals surface area contributed by atoms with Crippen molar-refractivity contribution in [2.24, 2.45) is 0 Å². The van der Waals surface area contributed by atoms with Crippen LogP contribution < -0.4 is 5.73 Å². The first-order valence-corrected chi connectivity index (χ1v) is 3.91. The number of anilines is 1. The summed E-state index contributed by atoms with van der Waals surface area (Å²) in [6.45, 7) is 5.67. The Morgan fingerprint density at radius 3 is 2.38 bits per heavy atom. The molecule has 0 amide bonds. The minimum Gasteiger partial charge on any atom is -0.477 e. The summed E-state index contributed by atoms with van der Waals surface area (Å²) in [5.41, 5.74) is 5.87. The molecule has 72 valence electrons. The fourth-order valence-corrected chi connectivity index (χ4v) is 1.27. The summed E-state index contributed by atoms with van der Waals surface area (Å²) in [7, 11) is 0. The number of carboxylic acid groups (broad SMARTS) is 1. The first-order valence-electron chi connectivity index (χ1n) is 3.91. The minimum absolute atomic E-state index is 0.0741. The van der Waals surface area contributed by atoms with Gasteiger partial charge >= 0.3 is 5.97 Å². The fourth-order valence-electron chi connectivity index (χ4n) is 1.27. The standard InChI is InChI=1S/C8H13N3O2/c1-8(2,3)4-5(7(12)13)10-11-6(4)9/h1-3H3,(H,12,13)(H3,9,10,11). The smallest absolute Gasteiger partial charge is 0.354 e. The molecule has 1 aromatic heterocycles. The van der Waals surface area contributed by atoms with Crippen LogP contribution in [0.25, 0.3) is 0 Å². The molecular formula is C8H13N3O2. The van der Waals surface area contributed by atoms with Gasteiger partial charge in [-0.1, -0.05) is 20.8 Å². The third kappa shape index (κ3) is 1.63. The largest absolute Gasteiger partial charge is 0.477 e. The van der Waals surface area contributed by atoms with Crippen LogP contribution in [0.1, 0.15) is 36.8 Å². The lowest BCUT2D eigenvalue weighted by Crippen LogP contribution is -2.17. The van der Waals surface area contributed by atoms with Gasteiger partial charge < -0.3 is 10.8 Å². The molecule has 0 saturated carbocycles. The second-order valence-electron chi connectivity index (χ2n) is 3.91. The molecule has 0 saturated heterocycles. The molecule has 1 rings (SSSR count). The Morgan fingerprint density at radius 1 is 1.54 bits per heavy atom. The van der Waals surface area contributed by atoms with Gasteiger partial charge in [0.25, 0.3) is 0 Å². The molecule has 0 fully saturated rings. The van der Waals surface area contributed by atoms with Crippen molar-refractivity contribution < 1.29 is 9.90 Å². The predicted molar refractivity (Wildman–Crippen MR) is 48.7 cm³/mol. The molecule has 5 nitrogen and oxygen atoms in total. The van der Waals surface area contributed by atoms with E-state index in [1.54, 1.807) is 0 Å². The number of aromatic nitrogens is 2. The number of H-pyrrole nitrogens is 1. The summed E-state index contributed by atoms with van der Waals surface area (Å²) >= 11 is 0. The van der Waals surface area contributed by atoms with Gasteiger partial charge in [-0.15, -0.1) is 0 Å². The minimum atomic E-state index is -1.03. The van der Waals surface area contributed by atoms with Crippen molar-refractivity contribution in [3.63, 3.8) is 0 Å². The van der Waals surface area contributed by atoms with E-state index in [9.17, 15) is 4.79 Å². The number of aromatic carboxylic acids is 1. The Hall–Kier alpha value is -1.52. The van der Waals surface area contributed by atoms with Crippen LogP contribution >= 0.6 is 0 Å². The van der Waals surface area contributed by atoms with E-state index in [0.29, 0.717) is 5.56 Å². The van der Waals surface area contributed by atoms with Crippen molar-refractivity contribution in [2.45, 2.75) is 26.2 Å². The van der Waals surface area contributed by atoms with Gasteiger partial charge in [0.2, 0.25) is 0 Å². The van der Waals surface area contributed by atoms with Crippen molar-refractivity contribution in [3.05, 3.63) is 11.3 Å². The number of hydrogen-bond donors (Lipinski definition) is 3. The molecule has 0 aliphatic carbocycles. The van der Waals surface area contributed by atoms with Crippen LogP contribution in [0, 0.1) is 0 Å². The van der Waals surface area contributed by atoms with Gasteiger partial charge in [0.05, 0.1) is 0 Å². The fraction of sp³-hybridized carbons (Fsp3) is 0.500. The molecule has 0 aliphatic heterocycles. The highest BCUT2D eigenvalue weighted by atomic mass is 16.4. The third-order valence-electron chi connectivity index (χ3n) is 1.76. The number of nitrogen functional groups attached to an aromatic ring is 1. The molecule has 4 N–H and O–H groups in total. The van der Waals surface area contributed by atoms with Crippen molar-refractivity contribution in [3.8, 4) is 0 Å². The summed E-state index contributed by atoms with van der Waals surface area (Å²) < 4.78 is 0. The molecular weight excluding hydrogens is 170 g/mol. The van der Waals surface area contributed by atoms with Gasteiger partial charge in [0.15, 0.2) is 0 Å². The number of hydrogen-bond acceptors (Lipinski definition) is 3. The monoisotopic (exact) mass is 183 g/mol. The number of carboxylic acids is 1. The Labute approximate surface area is 75.9 Å². The predicted octanol–water partition coefficient (Wildman–Crippen LogP) is 0.988. The molecule has 1 aromatic rings. The van der Waals surface area contributed by atoms with E-state index in [1.807, 2.05) is 20.8 Å². The van der Waals surface area contributed by atoms with Crippen LogP contribution in [0.3, 0.4) is 0 Å². The van der Waals surface area contributed by atoms with Crippen LogP contribution in [0.15, 0.2) is 0 Å². The van der Waals surface area contributed by atoms with Gasteiger partial charge in [-0.3, -0.25) is 5.10 Å². The normalized spacial score (nSPS) is 11.6. The Kier molecular flexibility index (Phi) is 2.03. The zero-order chi connectivity index (χ0) is 10.2. The van der Waals surface area contributed by atoms with E-state index in [4.69, 9.17) is 10.8 Å². The summed E-state index contributed by atoms with van der Waals surface area (Å²) in [6, 6.07) is 0. The SMILES string of the molecule is CC(C)(C)c1c(N)n[nH]c1C(=O)O. The molecule has 13 heavy (non-hydrogen) atoms. The van der Waals surface area contributed by atoms with Gasteiger partial charge in [0.1, 0.15) is 11.5 Å². The Morgan fingerprint density at radius 2 is 2.08 bits per heavy atom. The van der Waals surface area contributed by atoms with Crippen LogP contribution in [-0.2, 0) is 5.41 Å². The molecule has 1 heterocycles. The Bertz CT molecular complexity index is 336. The van der Waals surface area contributed by atoms with Crippen LogP contribution in [-0.4, -0.2) is 21.3 Å². The van der Waals surface area contributed by atoms with Gasteiger partial charge in [-0.25, -0.2) is 4.79 Å². The van der Waals surface area contributed by atoms with E-state index in [0.717, 1.165) is 0 Å². The van der Waals surface area contributed by atoms with Crippen LogP contribution in [0.5, 0.6) is 0 Å². The molecule has 0 spiro atoms. The lowest BCUT2D eigenvalue weighted by molar-refractivity contribution is 0.0687. The Balaban J connectivity index is 3.33. The average Bonchev–Trinajstić information content (AvgIpc) is 2.28. The summed E-state index contributed by atoms with van der Waals surface area (Å²) in [5.74, 6) is -0.779. The first-order chi connectivity index (χ1) is 5.84. The average molecular weight is 183 g/mol. The number of nitrogens with zero attached hydrogens (tertiary/aromatic N) is 1. The molecule has 0 aliphatic rings. The van der Waals surface area contributed by atoms with E-state index < -0.39 is 5.97 Å². The maximum atomic E-state index is 10.8. The second kappa shape index (κ2) is 2.76. The lowest BCUT2D eigenvalue weighted by Gasteiger charge is -2.17. The lowest BCUT2D eigenvalue weighted by atomic mass is 9.86. The second-order valence-corrected chi connectivity index (χ2v) is 3.91. The van der Waals surface area contributed by atoms with Crippen LogP contribution in [0.4, 0.5) is 5.82 Å². The van der Waals surface area contributed by atoms with Crippen molar-refractivity contribution >= 4 is 11.8 Å². The van der Waals surface area contributed by atoms with Gasteiger partial charge in [-0.2, -0.15) is 5.10 Å². The van der Waals surface area contributed by atoms with Crippen LogP contribution in [0.2, 0.25) is 0 Å². The maximum absolute atomic E-state index is 10.8. The molecule has 0 aromatic carbocycles. The number of nitrogens with two attached hydrogens (primary N) is 1. The number of carbonyl (C=O) groups is 1. The topological polar surface area (TPSA) is 92.0 Å². The third-order valence-corrected chi connectivity index (χ3v) is 1.76.